The summed E-state index contributed by atoms with van der Waals surface area (Å²) >= 11 is 0. The lowest BCUT2D eigenvalue weighted by molar-refractivity contribution is -0.00712. The van der Waals surface area contributed by atoms with Gasteiger partial charge in [-0.05, 0) is 54.9 Å². The van der Waals surface area contributed by atoms with Gasteiger partial charge in [-0.3, -0.25) is 0 Å². The summed E-state index contributed by atoms with van der Waals surface area (Å²) in [6.07, 6.45) is 0.400. The molecule has 1 amide bonds. The highest BCUT2D eigenvalue weighted by Gasteiger charge is 2.18. The molecule has 102 valence electrons. The van der Waals surface area contributed by atoms with Gasteiger partial charge < -0.3 is 14.8 Å². The highest BCUT2D eigenvalue weighted by atomic mass is 16.6. The third-order valence-corrected chi connectivity index (χ3v) is 1.85. The number of rotatable bonds is 4. The van der Waals surface area contributed by atoms with Crippen molar-refractivity contribution in [2.45, 2.75) is 72.1 Å². The van der Waals surface area contributed by atoms with Crippen molar-refractivity contribution in [3.05, 3.63) is 0 Å². The largest absolute Gasteiger partial charge is 0.444 e. The van der Waals surface area contributed by atoms with Crippen molar-refractivity contribution in [1.29, 1.82) is 0 Å². The molecule has 0 radical (unpaired) electrons. The van der Waals surface area contributed by atoms with E-state index in [0.29, 0.717) is 6.61 Å². The number of hydrogen-bond donors (Lipinski definition) is 1. The van der Waals surface area contributed by atoms with Gasteiger partial charge in [0.2, 0.25) is 0 Å². The van der Waals surface area contributed by atoms with Crippen LogP contribution in [0.1, 0.15) is 54.9 Å². The number of carbonyl (C=O) groups excluding carboxylic acids is 1. The van der Waals surface area contributed by atoms with Crippen molar-refractivity contribution in [2.24, 2.45) is 0 Å². The monoisotopic (exact) mass is 245 g/mol. The molecule has 1 atom stereocenters. The Balaban J connectivity index is 3.79. The van der Waals surface area contributed by atoms with Gasteiger partial charge in [-0.25, -0.2) is 4.79 Å². The molecule has 4 nitrogen and oxygen atoms in total. The highest BCUT2D eigenvalue weighted by molar-refractivity contribution is 5.67. The fraction of sp³-hybridized carbons (Fsp3) is 0.923. The van der Waals surface area contributed by atoms with E-state index in [2.05, 4.69) is 5.32 Å². The Morgan fingerprint density at radius 3 is 2.06 bits per heavy atom. The average molecular weight is 245 g/mol. The first-order valence-electron chi connectivity index (χ1n) is 6.13. The summed E-state index contributed by atoms with van der Waals surface area (Å²) in [5.41, 5.74) is -0.586. The van der Waals surface area contributed by atoms with E-state index in [1.54, 1.807) is 0 Å². The Kier molecular flexibility index (Phi) is 5.96. The van der Waals surface area contributed by atoms with Crippen molar-refractivity contribution in [3.8, 4) is 0 Å². The molecule has 0 aromatic carbocycles. The number of alkyl carbamates (subject to hydrolysis) is 1. The lowest BCUT2D eigenvalue weighted by atomic mass is 10.2. The third kappa shape index (κ3) is 11.5. The lowest BCUT2D eigenvalue weighted by Crippen LogP contribution is -2.38. The average Bonchev–Trinajstić information content (AvgIpc) is 1.96. The first-order valence-corrected chi connectivity index (χ1v) is 6.13. The molecular weight excluding hydrogens is 218 g/mol. The summed E-state index contributed by atoms with van der Waals surface area (Å²) < 4.78 is 10.8. The predicted octanol–water partition coefficient (Wildman–Crippen LogP) is 3.10. The molecule has 0 rings (SSSR count). The fourth-order valence-electron chi connectivity index (χ4n) is 1.12. The number of amides is 1. The van der Waals surface area contributed by atoms with Crippen LogP contribution in [0.3, 0.4) is 0 Å². The van der Waals surface area contributed by atoms with E-state index in [0.717, 1.165) is 6.42 Å². The molecule has 0 aliphatic rings. The van der Waals surface area contributed by atoms with Crippen LogP contribution in [0.25, 0.3) is 0 Å². The first kappa shape index (κ1) is 16.2. The molecule has 17 heavy (non-hydrogen) atoms. The van der Waals surface area contributed by atoms with E-state index in [4.69, 9.17) is 9.47 Å². The summed E-state index contributed by atoms with van der Waals surface area (Å²) in [5, 5.41) is 2.78. The van der Waals surface area contributed by atoms with E-state index in [9.17, 15) is 4.79 Å². The van der Waals surface area contributed by atoms with Crippen molar-refractivity contribution in [2.75, 3.05) is 6.61 Å². The molecule has 0 aliphatic heterocycles. The molecule has 0 saturated carbocycles. The van der Waals surface area contributed by atoms with Crippen LogP contribution < -0.4 is 5.32 Å². The van der Waals surface area contributed by atoms with Gasteiger partial charge >= 0.3 is 6.09 Å². The number of hydrogen-bond acceptors (Lipinski definition) is 3. The van der Waals surface area contributed by atoms with Crippen LogP contribution >= 0.6 is 0 Å². The van der Waals surface area contributed by atoms with E-state index >= 15 is 0 Å². The number of carbonyl (C=O) groups is 1. The van der Waals surface area contributed by atoms with Crippen molar-refractivity contribution < 1.29 is 14.3 Å². The molecule has 0 saturated heterocycles. The Hall–Kier alpha value is -0.770. The van der Waals surface area contributed by atoms with E-state index in [-0.39, 0.29) is 17.7 Å². The zero-order valence-electron chi connectivity index (χ0n) is 12.2. The van der Waals surface area contributed by atoms with Gasteiger partial charge in [0.25, 0.3) is 0 Å². The third-order valence-electron chi connectivity index (χ3n) is 1.85. The minimum atomic E-state index is -0.453. The normalized spacial score (nSPS) is 14.3. The summed E-state index contributed by atoms with van der Waals surface area (Å²) in [6.45, 7) is 14.1. The first-order chi connectivity index (χ1) is 7.49. The molecule has 0 aromatic rings. The van der Waals surface area contributed by atoms with Crippen LogP contribution in [0.15, 0.2) is 0 Å². The van der Waals surface area contributed by atoms with E-state index in [1.807, 2.05) is 48.5 Å². The van der Waals surface area contributed by atoms with Crippen molar-refractivity contribution in [3.63, 3.8) is 0 Å². The zero-order valence-corrected chi connectivity index (χ0v) is 12.2. The van der Waals surface area contributed by atoms with Gasteiger partial charge in [0, 0.05) is 12.6 Å². The van der Waals surface area contributed by atoms with Gasteiger partial charge in [0.15, 0.2) is 0 Å². The van der Waals surface area contributed by atoms with Gasteiger partial charge in [-0.15, -0.1) is 0 Å². The molecule has 4 heteroatoms. The summed E-state index contributed by atoms with van der Waals surface area (Å²) in [7, 11) is 0. The van der Waals surface area contributed by atoms with Gasteiger partial charge in [-0.1, -0.05) is 0 Å². The van der Waals surface area contributed by atoms with Crippen LogP contribution in [0.5, 0.6) is 0 Å². The minimum absolute atomic E-state index is 0.0483. The van der Waals surface area contributed by atoms with Crippen LogP contribution in [-0.2, 0) is 9.47 Å². The summed E-state index contributed by atoms with van der Waals surface area (Å²) in [6, 6.07) is 0.0483. The second-order valence-corrected chi connectivity index (χ2v) is 6.30. The maximum Gasteiger partial charge on any atom is 0.407 e. The van der Waals surface area contributed by atoms with Crippen LogP contribution in [-0.4, -0.2) is 29.9 Å². The van der Waals surface area contributed by atoms with Crippen molar-refractivity contribution in [1.82, 2.24) is 5.32 Å². The number of nitrogens with one attached hydrogen (secondary N) is 1. The smallest absolute Gasteiger partial charge is 0.407 e. The van der Waals surface area contributed by atoms with Gasteiger partial charge in [0.05, 0.1) is 5.60 Å². The molecule has 1 N–H and O–H groups in total. The molecule has 0 fully saturated rings. The van der Waals surface area contributed by atoms with Gasteiger partial charge in [-0.2, -0.15) is 0 Å². The lowest BCUT2D eigenvalue weighted by Gasteiger charge is -2.23. The summed E-state index contributed by atoms with van der Waals surface area (Å²) in [4.78, 5) is 11.5. The Morgan fingerprint density at radius 2 is 1.65 bits per heavy atom. The number of ether oxygens (including phenoxy) is 2. The second kappa shape index (κ2) is 6.24. The molecule has 0 heterocycles. The molecule has 0 spiro atoms. The van der Waals surface area contributed by atoms with Gasteiger partial charge in [0.1, 0.15) is 5.60 Å². The Bertz CT molecular complexity index is 238. The Morgan fingerprint density at radius 1 is 1.12 bits per heavy atom. The SMILES string of the molecule is C[C@@H](CCOC(C)(C)C)NC(=O)OC(C)(C)C. The predicted molar refractivity (Wildman–Crippen MR) is 69.2 cm³/mol. The molecular formula is C13H27NO3. The molecule has 0 unspecified atom stereocenters. The summed E-state index contributed by atoms with van der Waals surface area (Å²) in [5.74, 6) is 0. The van der Waals surface area contributed by atoms with E-state index in [1.165, 1.54) is 0 Å². The Labute approximate surface area is 105 Å². The molecule has 0 aromatic heterocycles. The van der Waals surface area contributed by atoms with Crippen molar-refractivity contribution >= 4 is 6.09 Å². The maximum atomic E-state index is 11.5. The fourth-order valence-corrected chi connectivity index (χ4v) is 1.12. The van der Waals surface area contributed by atoms with E-state index < -0.39 is 5.60 Å². The standard InChI is InChI=1S/C13H27NO3/c1-10(8-9-16-12(2,3)4)14-11(15)17-13(5,6)7/h10H,8-9H2,1-7H3,(H,14,15)/t10-/m0/s1. The molecule has 0 aliphatic carbocycles. The zero-order chi connectivity index (χ0) is 13.7. The minimum Gasteiger partial charge on any atom is -0.444 e. The maximum absolute atomic E-state index is 11.5. The topological polar surface area (TPSA) is 47.6 Å². The van der Waals surface area contributed by atoms with Crippen LogP contribution in [0, 0.1) is 0 Å². The van der Waals surface area contributed by atoms with Crippen LogP contribution in [0.4, 0.5) is 4.79 Å². The molecule has 0 bridgehead atoms. The highest BCUT2D eigenvalue weighted by Crippen LogP contribution is 2.09. The second-order valence-electron chi connectivity index (χ2n) is 6.30. The quantitative estimate of drug-likeness (QED) is 0.828. The van der Waals surface area contributed by atoms with Crippen LogP contribution in [0.2, 0.25) is 0 Å².